The number of hydrogen-bond donors (Lipinski definition) is 1. The maximum absolute atomic E-state index is 5.95. The molecule has 2 nitrogen and oxygen atoms in total. The number of benzene rings is 2. The molecule has 5 heteroatoms. The van der Waals surface area contributed by atoms with Gasteiger partial charge in [-0.25, -0.2) is 0 Å². The van der Waals surface area contributed by atoms with Gasteiger partial charge in [0.25, 0.3) is 0 Å². The number of rotatable bonds is 5. The summed E-state index contributed by atoms with van der Waals surface area (Å²) in [4.78, 5) is 1.08. The Balaban J connectivity index is 1.77. The Morgan fingerprint density at radius 1 is 1.00 bits per heavy atom. The minimum Gasteiger partial charge on any atom is -0.493 e. The zero-order chi connectivity index (χ0) is 13.7. The molecule has 2 N–H and O–H groups in total. The molecular weight excluding hydrogens is 301 g/mol. The molecular formula is C14H13Cl2NOS. The molecule has 0 aliphatic rings. The largest absolute Gasteiger partial charge is 0.493 e. The van der Waals surface area contributed by atoms with Gasteiger partial charge in [-0.2, -0.15) is 0 Å². The summed E-state index contributed by atoms with van der Waals surface area (Å²) in [6.45, 7) is 0.620. The summed E-state index contributed by atoms with van der Waals surface area (Å²) < 4.78 is 5.60. The standard InChI is InChI=1S/C14H13Cl2NOS/c15-13-6-5-12(9-14(13)16)19-8-7-18-11-3-1-10(17)2-4-11/h1-6,9H,7-8,17H2. The quantitative estimate of drug-likeness (QED) is 0.491. The predicted octanol–water partition coefficient (Wildman–Crippen LogP) is 4.75. The van der Waals surface area contributed by atoms with E-state index >= 15 is 0 Å². The molecule has 0 fully saturated rings. The fraction of sp³-hybridized carbons (Fsp3) is 0.143. The Morgan fingerprint density at radius 2 is 1.74 bits per heavy atom. The van der Waals surface area contributed by atoms with Gasteiger partial charge in [-0.3, -0.25) is 0 Å². The summed E-state index contributed by atoms with van der Waals surface area (Å²) in [5.74, 6) is 1.66. The first kappa shape index (κ1) is 14.4. The maximum atomic E-state index is 5.95. The molecule has 100 valence electrons. The second-order valence-corrected chi connectivity index (χ2v) is 5.82. The Kier molecular flexibility index (Phi) is 5.25. The zero-order valence-electron chi connectivity index (χ0n) is 10.1. The van der Waals surface area contributed by atoms with Crippen molar-refractivity contribution in [3.63, 3.8) is 0 Å². The van der Waals surface area contributed by atoms with E-state index < -0.39 is 0 Å². The fourth-order valence-corrected chi connectivity index (χ4v) is 2.58. The summed E-state index contributed by atoms with van der Waals surface area (Å²) in [5, 5.41) is 1.15. The minimum atomic E-state index is 0.573. The highest BCUT2D eigenvalue weighted by Crippen LogP contribution is 2.27. The Hall–Kier alpha value is -1.03. The van der Waals surface area contributed by atoms with Crippen molar-refractivity contribution < 1.29 is 4.74 Å². The molecule has 0 aliphatic heterocycles. The molecule has 2 aromatic carbocycles. The van der Waals surface area contributed by atoms with E-state index in [-0.39, 0.29) is 0 Å². The lowest BCUT2D eigenvalue weighted by molar-refractivity contribution is 0.344. The normalized spacial score (nSPS) is 10.4. The molecule has 0 unspecified atom stereocenters. The highest BCUT2D eigenvalue weighted by atomic mass is 35.5. The van der Waals surface area contributed by atoms with Gasteiger partial charge in [0.1, 0.15) is 5.75 Å². The first-order chi connectivity index (χ1) is 9.15. The third-order valence-corrected chi connectivity index (χ3v) is 4.09. The summed E-state index contributed by atoms with van der Waals surface area (Å²) in [7, 11) is 0. The number of nitrogens with two attached hydrogens (primary N) is 1. The van der Waals surface area contributed by atoms with Gasteiger partial charge in [0.2, 0.25) is 0 Å². The van der Waals surface area contributed by atoms with Gasteiger partial charge < -0.3 is 10.5 Å². The summed E-state index contributed by atoms with van der Waals surface area (Å²) in [6, 6.07) is 13.0. The predicted molar refractivity (Wildman–Crippen MR) is 83.5 cm³/mol. The number of halogens is 2. The van der Waals surface area contributed by atoms with Crippen LogP contribution in [0.4, 0.5) is 5.69 Å². The van der Waals surface area contributed by atoms with Gasteiger partial charge in [0, 0.05) is 16.3 Å². The summed E-state index contributed by atoms with van der Waals surface area (Å²) in [6.07, 6.45) is 0. The van der Waals surface area contributed by atoms with Crippen LogP contribution < -0.4 is 10.5 Å². The van der Waals surface area contributed by atoms with E-state index in [1.807, 2.05) is 36.4 Å². The lowest BCUT2D eigenvalue weighted by atomic mass is 10.3. The van der Waals surface area contributed by atoms with E-state index in [1.54, 1.807) is 17.8 Å². The van der Waals surface area contributed by atoms with Crippen LogP contribution in [-0.4, -0.2) is 12.4 Å². The van der Waals surface area contributed by atoms with Crippen molar-refractivity contribution >= 4 is 40.7 Å². The molecule has 2 rings (SSSR count). The number of nitrogen functional groups attached to an aromatic ring is 1. The number of ether oxygens (including phenoxy) is 1. The van der Waals surface area contributed by atoms with Gasteiger partial charge in [-0.1, -0.05) is 23.2 Å². The van der Waals surface area contributed by atoms with Crippen LogP contribution in [0, 0.1) is 0 Å². The van der Waals surface area contributed by atoms with Gasteiger partial charge >= 0.3 is 0 Å². The van der Waals surface area contributed by atoms with E-state index in [0.29, 0.717) is 16.7 Å². The molecule has 0 saturated heterocycles. The van der Waals surface area contributed by atoms with Crippen molar-refractivity contribution in [2.24, 2.45) is 0 Å². The molecule has 0 aromatic heterocycles. The van der Waals surface area contributed by atoms with Crippen LogP contribution in [0.2, 0.25) is 10.0 Å². The number of anilines is 1. The first-order valence-electron chi connectivity index (χ1n) is 5.71. The fourth-order valence-electron chi connectivity index (χ4n) is 1.45. The molecule has 0 aliphatic carbocycles. The topological polar surface area (TPSA) is 35.2 Å². The SMILES string of the molecule is Nc1ccc(OCCSc2ccc(Cl)c(Cl)c2)cc1. The highest BCUT2D eigenvalue weighted by molar-refractivity contribution is 7.99. The molecule has 2 aromatic rings. The van der Waals surface area contributed by atoms with Crippen molar-refractivity contribution in [1.82, 2.24) is 0 Å². The van der Waals surface area contributed by atoms with E-state index in [1.165, 1.54) is 0 Å². The third-order valence-electron chi connectivity index (χ3n) is 2.39. The van der Waals surface area contributed by atoms with Crippen LogP contribution >= 0.6 is 35.0 Å². The molecule has 0 bridgehead atoms. The summed E-state index contributed by atoms with van der Waals surface area (Å²) in [5.41, 5.74) is 6.33. The van der Waals surface area contributed by atoms with Crippen LogP contribution in [0.5, 0.6) is 5.75 Å². The van der Waals surface area contributed by atoms with Crippen molar-refractivity contribution in [3.05, 3.63) is 52.5 Å². The summed E-state index contributed by atoms with van der Waals surface area (Å²) >= 11 is 13.5. The lowest BCUT2D eigenvalue weighted by Gasteiger charge is -2.06. The van der Waals surface area contributed by atoms with Crippen molar-refractivity contribution in [1.29, 1.82) is 0 Å². The Labute approximate surface area is 126 Å². The van der Waals surface area contributed by atoms with E-state index in [9.17, 15) is 0 Å². The molecule has 0 heterocycles. The molecule has 0 amide bonds. The lowest BCUT2D eigenvalue weighted by Crippen LogP contribution is -2.00. The van der Waals surface area contributed by atoms with E-state index in [4.69, 9.17) is 33.7 Å². The average molecular weight is 314 g/mol. The molecule has 0 spiro atoms. The molecule has 0 radical (unpaired) electrons. The third kappa shape index (κ3) is 4.53. The second-order valence-electron chi connectivity index (χ2n) is 3.84. The highest BCUT2D eigenvalue weighted by Gasteiger charge is 2.00. The molecule has 0 saturated carbocycles. The average Bonchev–Trinajstić information content (AvgIpc) is 2.41. The van der Waals surface area contributed by atoms with Crippen LogP contribution in [0.25, 0.3) is 0 Å². The van der Waals surface area contributed by atoms with Crippen LogP contribution in [0.3, 0.4) is 0 Å². The zero-order valence-corrected chi connectivity index (χ0v) is 12.4. The van der Waals surface area contributed by atoms with E-state index in [2.05, 4.69) is 0 Å². The Morgan fingerprint density at radius 3 is 2.42 bits per heavy atom. The molecule has 19 heavy (non-hydrogen) atoms. The Bertz CT molecular complexity index is 546. The van der Waals surface area contributed by atoms with Gasteiger partial charge in [0.15, 0.2) is 0 Å². The van der Waals surface area contributed by atoms with Crippen LogP contribution in [-0.2, 0) is 0 Å². The number of thioether (sulfide) groups is 1. The van der Waals surface area contributed by atoms with Gasteiger partial charge in [-0.05, 0) is 42.5 Å². The first-order valence-corrected chi connectivity index (χ1v) is 7.45. The van der Waals surface area contributed by atoms with Crippen molar-refractivity contribution in [2.45, 2.75) is 4.90 Å². The molecule has 0 atom stereocenters. The van der Waals surface area contributed by atoms with Crippen molar-refractivity contribution in [2.75, 3.05) is 18.1 Å². The van der Waals surface area contributed by atoms with Crippen molar-refractivity contribution in [3.8, 4) is 5.75 Å². The smallest absolute Gasteiger partial charge is 0.119 e. The van der Waals surface area contributed by atoms with E-state index in [0.717, 1.165) is 22.1 Å². The maximum Gasteiger partial charge on any atom is 0.119 e. The van der Waals surface area contributed by atoms with Crippen LogP contribution in [0.15, 0.2) is 47.4 Å². The second kappa shape index (κ2) is 6.94. The van der Waals surface area contributed by atoms with Gasteiger partial charge in [-0.15, -0.1) is 11.8 Å². The number of hydrogen-bond acceptors (Lipinski definition) is 3. The minimum absolute atomic E-state index is 0.573. The monoisotopic (exact) mass is 313 g/mol. The van der Waals surface area contributed by atoms with Gasteiger partial charge in [0.05, 0.1) is 16.7 Å². The van der Waals surface area contributed by atoms with Crippen LogP contribution in [0.1, 0.15) is 0 Å².